The maximum absolute atomic E-state index is 3.74. The topological polar surface area (TPSA) is 12.0 Å². The highest BCUT2D eigenvalue weighted by molar-refractivity contribution is 4.65. The van der Waals surface area contributed by atoms with Crippen LogP contribution in [0.2, 0.25) is 0 Å². The molecule has 1 nitrogen and oxygen atoms in total. The van der Waals surface area contributed by atoms with Crippen LogP contribution in [0, 0.1) is 5.92 Å². The Morgan fingerprint density at radius 1 is 1.20 bits per heavy atom. The fourth-order valence-corrected chi connectivity index (χ4v) is 1.76. The molecule has 0 spiro atoms. The predicted octanol–water partition coefficient (Wildman–Crippen LogP) is 4.15. The van der Waals surface area contributed by atoms with Crippen molar-refractivity contribution >= 4 is 0 Å². The Bertz CT molecular complexity index is 131. The average molecular weight is 211 g/mol. The highest BCUT2D eigenvalue weighted by Crippen LogP contribution is 2.10. The summed E-state index contributed by atoms with van der Waals surface area (Å²) in [5.41, 5.74) is 0. The predicted molar refractivity (Wildman–Crippen MR) is 70.2 cm³/mol. The van der Waals surface area contributed by atoms with Crippen LogP contribution in [-0.4, -0.2) is 13.1 Å². The standard InChI is InChI=1S/C14H29N/c1-4-6-7-8-9-10-11-14(3)13-15-12-5-2/h4,14-15H,1,5-13H2,2-3H3. The Balaban J connectivity index is 3.09. The van der Waals surface area contributed by atoms with Crippen molar-refractivity contribution in [3.8, 4) is 0 Å². The van der Waals surface area contributed by atoms with E-state index in [-0.39, 0.29) is 0 Å². The summed E-state index contributed by atoms with van der Waals surface area (Å²) in [6.45, 7) is 10.7. The van der Waals surface area contributed by atoms with Crippen LogP contribution in [0.15, 0.2) is 12.7 Å². The first-order valence-electron chi connectivity index (χ1n) is 6.62. The Hall–Kier alpha value is -0.300. The lowest BCUT2D eigenvalue weighted by atomic mass is 10.0. The molecule has 0 amide bonds. The lowest BCUT2D eigenvalue weighted by Crippen LogP contribution is -2.21. The molecule has 1 unspecified atom stereocenters. The van der Waals surface area contributed by atoms with Crippen LogP contribution in [0.4, 0.5) is 0 Å². The highest BCUT2D eigenvalue weighted by atomic mass is 14.8. The van der Waals surface area contributed by atoms with E-state index in [1.807, 2.05) is 6.08 Å². The maximum atomic E-state index is 3.74. The molecule has 0 saturated carbocycles. The lowest BCUT2D eigenvalue weighted by molar-refractivity contribution is 0.453. The van der Waals surface area contributed by atoms with Gasteiger partial charge in [0.2, 0.25) is 0 Å². The van der Waals surface area contributed by atoms with Crippen molar-refractivity contribution in [1.82, 2.24) is 5.32 Å². The first-order valence-corrected chi connectivity index (χ1v) is 6.62. The van der Waals surface area contributed by atoms with Gasteiger partial charge in [-0.3, -0.25) is 0 Å². The van der Waals surface area contributed by atoms with E-state index in [0.29, 0.717) is 0 Å². The summed E-state index contributed by atoms with van der Waals surface area (Å²) in [5.74, 6) is 0.843. The quantitative estimate of drug-likeness (QED) is 0.400. The molecule has 0 aromatic carbocycles. The van der Waals surface area contributed by atoms with Gasteiger partial charge in [0.15, 0.2) is 0 Å². The molecule has 1 N–H and O–H groups in total. The molecule has 0 aliphatic heterocycles. The van der Waals surface area contributed by atoms with Gasteiger partial charge in [0.1, 0.15) is 0 Å². The number of unbranched alkanes of at least 4 members (excludes halogenated alkanes) is 4. The van der Waals surface area contributed by atoms with Gasteiger partial charge in [0.05, 0.1) is 0 Å². The molecule has 1 atom stereocenters. The van der Waals surface area contributed by atoms with Crippen molar-refractivity contribution in [3.63, 3.8) is 0 Å². The van der Waals surface area contributed by atoms with Crippen LogP contribution in [0.1, 0.15) is 58.8 Å². The summed E-state index contributed by atoms with van der Waals surface area (Å²) in [4.78, 5) is 0. The Morgan fingerprint density at radius 3 is 2.60 bits per heavy atom. The Kier molecular flexibility index (Phi) is 11.5. The van der Waals surface area contributed by atoms with E-state index >= 15 is 0 Å². The van der Waals surface area contributed by atoms with E-state index in [4.69, 9.17) is 0 Å². The van der Waals surface area contributed by atoms with Crippen LogP contribution in [0.5, 0.6) is 0 Å². The summed E-state index contributed by atoms with van der Waals surface area (Å²) >= 11 is 0. The Morgan fingerprint density at radius 2 is 1.93 bits per heavy atom. The van der Waals surface area contributed by atoms with Gasteiger partial charge < -0.3 is 5.32 Å². The van der Waals surface area contributed by atoms with Crippen LogP contribution >= 0.6 is 0 Å². The molecule has 15 heavy (non-hydrogen) atoms. The number of nitrogens with one attached hydrogen (secondary N) is 1. The number of hydrogen-bond acceptors (Lipinski definition) is 1. The van der Waals surface area contributed by atoms with Gasteiger partial charge in [0.25, 0.3) is 0 Å². The van der Waals surface area contributed by atoms with Gasteiger partial charge in [-0.2, -0.15) is 0 Å². The first kappa shape index (κ1) is 14.7. The van der Waals surface area contributed by atoms with Gasteiger partial charge >= 0.3 is 0 Å². The summed E-state index contributed by atoms with van der Waals surface area (Å²) in [6.07, 6.45) is 11.3. The zero-order chi connectivity index (χ0) is 11.4. The fourth-order valence-electron chi connectivity index (χ4n) is 1.76. The van der Waals surface area contributed by atoms with Crippen molar-refractivity contribution in [2.45, 2.75) is 58.8 Å². The Labute approximate surface area is 96.3 Å². The molecule has 0 rings (SSSR count). The smallest absolute Gasteiger partial charge is 0.00232 e. The molecule has 0 radical (unpaired) electrons. The lowest BCUT2D eigenvalue weighted by Gasteiger charge is -2.11. The molecular formula is C14H29N. The molecule has 90 valence electrons. The van der Waals surface area contributed by atoms with Crippen molar-refractivity contribution in [1.29, 1.82) is 0 Å². The van der Waals surface area contributed by atoms with Gasteiger partial charge in [-0.05, 0) is 44.7 Å². The molecule has 1 heteroatoms. The maximum Gasteiger partial charge on any atom is -0.00232 e. The van der Waals surface area contributed by atoms with Crippen LogP contribution in [0.25, 0.3) is 0 Å². The van der Waals surface area contributed by atoms with Gasteiger partial charge in [0, 0.05) is 0 Å². The normalized spacial score (nSPS) is 12.7. The minimum absolute atomic E-state index is 0.843. The van der Waals surface area contributed by atoms with E-state index in [2.05, 4.69) is 25.7 Å². The van der Waals surface area contributed by atoms with Crippen molar-refractivity contribution in [2.75, 3.05) is 13.1 Å². The zero-order valence-electron chi connectivity index (χ0n) is 10.7. The van der Waals surface area contributed by atoms with Gasteiger partial charge in [-0.25, -0.2) is 0 Å². The molecule has 0 aliphatic rings. The second-order valence-electron chi connectivity index (χ2n) is 4.59. The monoisotopic (exact) mass is 211 g/mol. The second-order valence-corrected chi connectivity index (χ2v) is 4.59. The summed E-state index contributed by atoms with van der Waals surface area (Å²) in [6, 6.07) is 0. The van der Waals surface area contributed by atoms with Crippen LogP contribution < -0.4 is 5.32 Å². The number of allylic oxidation sites excluding steroid dienone is 1. The SMILES string of the molecule is C=CCCCCCCC(C)CNCCC. The number of rotatable bonds is 11. The minimum Gasteiger partial charge on any atom is -0.316 e. The van der Waals surface area contributed by atoms with E-state index in [1.165, 1.54) is 58.0 Å². The summed E-state index contributed by atoms with van der Waals surface area (Å²) in [7, 11) is 0. The largest absolute Gasteiger partial charge is 0.316 e. The third kappa shape index (κ3) is 11.6. The van der Waals surface area contributed by atoms with Gasteiger partial charge in [-0.1, -0.05) is 39.2 Å². The van der Waals surface area contributed by atoms with Crippen LogP contribution in [0.3, 0.4) is 0 Å². The van der Waals surface area contributed by atoms with Crippen LogP contribution in [-0.2, 0) is 0 Å². The van der Waals surface area contributed by atoms with E-state index < -0.39 is 0 Å². The van der Waals surface area contributed by atoms with Crippen molar-refractivity contribution < 1.29 is 0 Å². The molecule has 0 heterocycles. The minimum atomic E-state index is 0.843. The summed E-state index contributed by atoms with van der Waals surface area (Å²) in [5, 5.41) is 3.48. The molecule has 0 saturated heterocycles. The van der Waals surface area contributed by atoms with Gasteiger partial charge in [-0.15, -0.1) is 6.58 Å². The number of hydrogen-bond donors (Lipinski definition) is 1. The third-order valence-electron chi connectivity index (χ3n) is 2.77. The second kappa shape index (κ2) is 11.8. The zero-order valence-corrected chi connectivity index (χ0v) is 10.7. The highest BCUT2D eigenvalue weighted by Gasteiger charge is 2.00. The average Bonchev–Trinajstić information content (AvgIpc) is 2.23. The van der Waals surface area contributed by atoms with E-state index in [9.17, 15) is 0 Å². The fraction of sp³-hybridized carbons (Fsp3) is 0.857. The molecule has 0 aromatic heterocycles. The molecule has 0 bridgehead atoms. The molecule has 0 fully saturated rings. The van der Waals surface area contributed by atoms with E-state index in [0.717, 1.165) is 5.92 Å². The van der Waals surface area contributed by atoms with Crippen molar-refractivity contribution in [2.24, 2.45) is 5.92 Å². The van der Waals surface area contributed by atoms with Crippen molar-refractivity contribution in [3.05, 3.63) is 12.7 Å². The third-order valence-corrected chi connectivity index (χ3v) is 2.77. The molecule has 0 aromatic rings. The van der Waals surface area contributed by atoms with E-state index in [1.54, 1.807) is 0 Å². The first-order chi connectivity index (χ1) is 7.31. The summed E-state index contributed by atoms with van der Waals surface area (Å²) < 4.78 is 0. The molecular weight excluding hydrogens is 182 g/mol. The molecule has 0 aliphatic carbocycles.